The number of hydrogen-bond acceptors (Lipinski definition) is 1. The Morgan fingerprint density at radius 3 is 2.50 bits per heavy atom. The number of anilines is 1. The van der Waals surface area contributed by atoms with Crippen molar-refractivity contribution < 1.29 is 9.18 Å². The van der Waals surface area contributed by atoms with E-state index in [1.807, 2.05) is 19.1 Å². The minimum Gasteiger partial charge on any atom is -0.322 e. The summed E-state index contributed by atoms with van der Waals surface area (Å²) in [5.74, 6) is -0.554. The lowest BCUT2D eigenvalue weighted by molar-refractivity contribution is 0.102. The Morgan fingerprint density at radius 2 is 1.83 bits per heavy atom. The van der Waals surface area contributed by atoms with E-state index in [-0.39, 0.29) is 11.7 Å². The van der Waals surface area contributed by atoms with Gasteiger partial charge in [0.05, 0.1) is 5.56 Å². The lowest BCUT2D eigenvalue weighted by Crippen LogP contribution is -2.12. The highest BCUT2D eigenvalue weighted by atomic mass is 79.9. The highest BCUT2D eigenvalue weighted by Gasteiger charge is 2.10. The quantitative estimate of drug-likeness (QED) is 0.887. The van der Waals surface area contributed by atoms with Crippen molar-refractivity contribution in [2.24, 2.45) is 0 Å². The topological polar surface area (TPSA) is 29.1 Å². The summed E-state index contributed by atoms with van der Waals surface area (Å²) in [6.45, 7) is 1.92. The van der Waals surface area contributed by atoms with Crippen LogP contribution in [-0.4, -0.2) is 5.91 Å². The Morgan fingerprint density at radius 1 is 1.17 bits per heavy atom. The normalized spacial score (nSPS) is 10.2. The number of amides is 1. The fourth-order valence-corrected chi connectivity index (χ4v) is 1.97. The molecule has 2 aromatic carbocycles. The van der Waals surface area contributed by atoms with Crippen LogP contribution in [0.4, 0.5) is 10.1 Å². The van der Waals surface area contributed by atoms with Gasteiger partial charge in [0, 0.05) is 10.2 Å². The Balaban J connectivity index is 2.21. The average molecular weight is 308 g/mol. The predicted octanol–water partition coefficient (Wildman–Crippen LogP) is 4.15. The van der Waals surface area contributed by atoms with Gasteiger partial charge in [-0.1, -0.05) is 11.6 Å². The lowest BCUT2D eigenvalue weighted by atomic mass is 10.1. The highest BCUT2D eigenvalue weighted by Crippen LogP contribution is 2.19. The first-order chi connectivity index (χ1) is 8.56. The summed E-state index contributed by atoms with van der Waals surface area (Å²) >= 11 is 3.34. The van der Waals surface area contributed by atoms with E-state index in [1.165, 1.54) is 24.3 Å². The maximum atomic E-state index is 12.7. The first kappa shape index (κ1) is 12.8. The molecule has 1 N–H and O–H groups in total. The van der Waals surface area contributed by atoms with Gasteiger partial charge in [0.1, 0.15) is 5.82 Å². The van der Waals surface area contributed by atoms with Gasteiger partial charge in [-0.15, -0.1) is 0 Å². The zero-order valence-electron chi connectivity index (χ0n) is 9.71. The minimum absolute atomic E-state index is 0.225. The largest absolute Gasteiger partial charge is 0.322 e. The minimum atomic E-state index is -0.329. The van der Waals surface area contributed by atoms with Gasteiger partial charge < -0.3 is 5.32 Å². The first-order valence-electron chi connectivity index (χ1n) is 5.39. The molecular weight excluding hydrogens is 297 g/mol. The van der Waals surface area contributed by atoms with Gasteiger partial charge in [-0.05, 0) is 59.3 Å². The van der Waals surface area contributed by atoms with Crippen LogP contribution in [-0.2, 0) is 0 Å². The molecule has 0 unspecified atom stereocenters. The number of nitrogens with one attached hydrogen (secondary N) is 1. The van der Waals surface area contributed by atoms with E-state index in [9.17, 15) is 9.18 Å². The molecule has 2 nitrogen and oxygen atoms in total. The van der Waals surface area contributed by atoms with Crippen LogP contribution in [0.5, 0.6) is 0 Å². The molecule has 0 fully saturated rings. The van der Waals surface area contributed by atoms with Gasteiger partial charge in [0.2, 0.25) is 0 Å². The Hall–Kier alpha value is -1.68. The molecule has 4 heteroatoms. The van der Waals surface area contributed by atoms with E-state index in [4.69, 9.17) is 0 Å². The monoisotopic (exact) mass is 307 g/mol. The zero-order chi connectivity index (χ0) is 13.1. The van der Waals surface area contributed by atoms with Crippen LogP contribution in [0.3, 0.4) is 0 Å². The summed E-state index contributed by atoms with van der Waals surface area (Å²) < 4.78 is 13.5. The van der Waals surface area contributed by atoms with Crippen molar-refractivity contribution in [1.29, 1.82) is 0 Å². The maximum absolute atomic E-state index is 12.7. The third kappa shape index (κ3) is 2.96. The summed E-state index contributed by atoms with van der Waals surface area (Å²) in [6.07, 6.45) is 0. The van der Waals surface area contributed by atoms with Gasteiger partial charge in [0.15, 0.2) is 0 Å². The van der Waals surface area contributed by atoms with Crippen molar-refractivity contribution in [3.8, 4) is 0 Å². The van der Waals surface area contributed by atoms with Crippen molar-refractivity contribution in [3.05, 3.63) is 63.9 Å². The molecule has 0 aromatic heterocycles. The number of carbonyl (C=O) groups is 1. The van der Waals surface area contributed by atoms with Gasteiger partial charge in [-0.25, -0.2) is 4.39 Å². The second kappa shape index (κ2) is 5.31. The molecule has 0 spiro atoms. The number of rotatable bonds is 2. The number of benzene rings is 2. The molecule has 92 valence electrons. The SMILES string of the molecule is Cc1ccc(Br)c(C(=O)Nc2ccc(F)cc2)c1. The van der Waals surface area contributed by atoms with Crippen molar-refractivity contribution in [3.63, 3.8) is 0 Å². The zero-order valence-corrected chi connectivity index (χ0v) is 11.3. The molecule has 2 rings (SSSR count). The Kier molecular flexibility index (Phi) is 3.77. The predicted molar refractivity (Wildman–Crippen MR) is 73.2 cm³/mol. The summed E-state index contributed by atoms with van der Waals surface area (Å²) in [5, 5.41) is 2.72. The smallest absolute Gasteiger partial charge is 0.256 e. The van der Waals surface area contributed by atoms with E-state index >= 15 is 0 Å². The van der Waals surface area contributed by atoms with E-state index in [0.717, 1.165) is 10.0 Å². The fraction of sp³-hybridized carbons (Fsp3) is 0.0714. The number of aryl methyl sites for hydroxylation is 1. The second-order valence-electron chi connectivity index (χ2n) is 3.94. The number of carbonyl (C=O) groups excluding carboxylic acids is 1. The molecule has 18 heavy (non-hydrogen) atoms. The molecule has 0 bridgehead atoms. The third-order valence-electron chi connectivity index (χ3n) is 2.47. The molecule has 0 aliphatic carbocycles. The molecular formula is C14H11BrFNO. The van der Waals surface area contributed by atoms with E-state index < -0.39 is 0 Å². The summed E-state index contributed by atoms with van der Waals surface area (Å²) in [7, 11) is 0. The van der Waals surface area contributed by atoms with Crippen LogP contribution in [0.1, 0.15) is 15.9 Å². The number of halogens is 2. The van der Waals surface area contributed by atoms with Crippen LogP contribution in [0, 0.1) is 12.7 Å². The maximum Gasteiger partial charge on any atom is 0.256 e. The van der Waals surface area contributed by atoms with Gasteiger partial charge in [0.25, 0.3) is 5.91 Å². The van der Waals surface area contributed by atoms with Crippen LogP contribution < -0.4 is 5.32 Å². The van der Waals surface area contributed by atoms with Gasteiger partial charge in [-0.3, -0.25) is 4.79 Å². The van der Waals surface area contributed by atoms with Gasteiger partial charge in [-0.2, -0.15) is 0 Å². The molecule has 2 aromatic rings. The molecule has 0 aliphatic heterocycles. The van der Waals surface area contributed by atoms with Crippen molar-refractivity contribution in [2.75, 3.05) is 5.32 Å². The molecule has 0 atom stereocenters. The van der Waals surface area contributed by atoms with Crippen molar-refractivity contribution in [2.45, 2.75) is 6.92 Å². The van der Waals surface area contributed by atoms with E-state index in [2.05, 4.69) is 21.2 Å². The summed E-state index contributed by atoms with van der Waals surface area (Å²) in [4.78, 5) is 12.0. The first-order valence-corrected chi connectivity index (χ1v) is 6.18. The van der Waals surface area contributed by atoms with E-state index in [0.29, 0.717) is 11.3 Å². The van der Waals surface area contributed by atoms with Crippen LogP contribution in [0.15, 0.2) is 46.9 Å². The number of hydrogen-bond donors (Lipinski definition) is 1. The Labute approximate surface area is 113 Å². The standard InChI is InChI=1S/C14H11BrFNO/c1-9-2-7-13(15)12(8-9)14(18)17-11-5-3-10(16)4-6-11/h2-8H,1H3,(H,17,18). The fourth-order valence-electron chi connectivity index (χ4n) is 1.54. The molecule has 0 radical (unpaired) electrons. The Bertz CT molecular complexity index is 581. The highest BCUT2D eigenvalue weighted by molar-refractivity contribution is 9.10. The summed E-state index contributed by atoms with van der Waals surface area (Å²) in [6, 6.07) is 11.2. The van der Waals surface area contributed by atoms with Crippen molar-refractivity contribution >= 4 is 27.5 Å². The second-order valence-corrected chi connectivity index (χ2v) is 4.80. The van der Waals surface area contributed by atoms with E-state index in [1.54, 1.807) is 6.07 Å². The molecule has 0 aliphatic rings. The van der Waals surface area contributed by atoms with Crippen LogP contribution in [0.25, 0.3) is 0 Å². The lowest BCUT2D eigenvalue weighted by Gasteiger charge is -2.07. The summed E-state index contributed by atoms with van der Waals surface area (Å²) in [5.41, 5.74) is 2.12. The molecule has 0 saturated carbocycles. The van der Waals surface area contributed by atoms with Crippen molar-refractivity contribution in [1.82, 2.24) is 0 Å². The third-order valence-corrected chi connectivity index (χ3v) is 3.16. The molecule has 0 heterocycles. The average Bonchev–Trinajstić information content (AvgIpc) is 2.35. The molecule has 0 saturated heterocycles. The molecule has 1 amide bonds. The van der Waals surface area contributed by atoms with Gasteiger partial charge >= 0.3 is 0 Å². The van der Waals surface area contributed by atoms with Crippen LogP contribution in [0.2, 0.25) is 0 Å². The van der Waals surface area contributed by atoms with Crippen LogP contribution >= 0.6 is 15.9 Å².